The number of nitrogens with zero attached hydrogens (tertiary/aromatic N) is 3. The SMILES string of the molecule is CCCn1ncnc1CC(CC(C)CC(C)(C)C)NCC. The largest absolute Gasteiger partial charge is 0.314 e. The zero-order valence-corrected chi connectivity index (χ0v) is 14.8. The number of aryl methyl sites for hydroxylation is 1. The normalized spacial score (nSPS) is 15.1. The molecule has 0 saturated carbocycles. The smallest absolute Gasteiger partial charge is 0.138 e. The molecule has 2 atom stereocenters. The fourth-order valence-corrected chi connectivity index (χ4v) is 3.21. The van der Waals surface area contributed by atoms with E-state index in [-0.39, 0.29) is 0 Å². The number of hydrogen-bond acceptors (Lipinski definition) is 3. The highest BCUT2D eigenvalue weighted by Crippen LogP contribution is 2.27. The van der Waals surface area contributed by atoms with Crippen molar-refractivity contribution in [2.45, 2.75) is 79.8 Å². The Morgan fingerprint density at radius 1 is 1.29 bits per heavy atom. The van der Waals surface area contributed by atoms with Crippen LogP contribution in [0.15, 0.2) is 6.33 Å². The highest BCUT2D eigenvalue weighted by Gasteiger charge is 2.20. The van der Waals surface area contributed by atoms with Crippen LogP contribution in [0.1, 0.15) is 66.6 Å². The van der Waals surface area contributed by atoms with Crippen molar-refractivity contribution in [3.63, 3.8) is 0 Å². The van der Waals surface area contributed by atoms with Crippen LogP contribution in [0.5, 0.6) is 0 Å². The van der Waals surface area contributed by atoms with E-state index in [2.05, 4.69) is 61.6 Å². The summed E-state index contributed by atoms with van der Waals surface area (Å²) in [5.41, 5.74) is 0.401. The van der Waals surface area contributed by atoms with Gasteiger partial charge in [0.1, 0.15) is 12.2 Å². The fourth-order valence-electron chi connectivity index (χ4n) is 3.21. The van der Waals surface area contributed by atoms with Crippen molar-refractivity contribution in [3.8, 4) is 0 Å². The molecule has 1 N–H and O–H groups in total. The summed E-state index contributed by atoms with van der Waals surface area (Å²) in [5, 5.41) is 7.96. The van der Waals surface area contributed by atoms with Crippen LogP contribution in [0.25, 0.3) is 0 Å². The maximum atomic E-state index is 4.45. The lowest BCUT2D eigenvalue weighted by atomic mass is 9.82. The first-order chi connectivity index (χ1) is 9.85. The summed E-state index contributed by atoms with van der Waals surface area (Å²) < 4.78 is 2.05. The number of aromatic nitrogens is 3. The fraction of sp³-hybridized carbons (Fsp3) is 0.882. The van der Waals surface area contributed by atoms with Crippen LogP contribution in [0.4, 0.5) is 0 Å². The highest BCUT2D eigenvalue weighted by atomic mass is 15.3. The Kier molecular flexibility index (Phi) is 7.36. The van der Waals surface area contributed by atoms with Gasteiger partial charge in [-0.1, -0.05) is 41.5 Å². The Hall–Kier alpha value is -0.900. The predicted molar refractivity (Wildman–Crippen MR) is 89.3 cm³/mol. The van der Waals surface area contributed by atoms with Crippen LogP contribution in [0.3, 0.4) is 0 Å². The molecule has 4 nitrogen and oxygen atoms in total. The van der Waals surface area contributed by atoms with Crippen molar-refractivity contribution in [3.05, 3.63) is 12.2 Å². The summed E-state index contributed by atoms with van der Waals surface area (Å²) in [4.78, 5) is 4.45. The monoisotopic (exact) mass is 294 g/mol. The summed E-state index contributed by atoms with van der Waals surface area (Å²) in [7, 11) is 0. The Morgan fingerprint density at radius 3 is 2.57 bits per heavy atom. The summed E-state index contributed by atoms with van der Waals surface area (Å²) in [6.45, 7) is 15.7. The average Bonchev–Trinajstić information content (AvgIpc) is 2.75. The van der Waals surface area contributed by atoms with Gasteiger partial charge in [0, 0.05) is 19.0 Å². The van der Waals surface area contributed by atoms with E-state index in [1.165, 1.54) is 12.8 Å². The second-order valence-electron chi connectivity index (χ2n) is 7.46. The molecule has 0 fully saturated rings. The summed E-state index contributed by atoms with van der Waals surface area (Å²) >= 11 is 0. The Labute approximate surface area is 130 Å². The summed E-state index contributed by atoms with van der Waals surface area (Å²) in [6.07, 6.45) is 6.22. The van der Waals surface area contributed by atoms with Gasteiger partial charge >= 0.3 is 0 Å². The van der Waals surface area contributed by atoms with Gasteiger partial charge in [0.05, 0.1) is 0 Å². The molecule has 0 spiro atoms. The van der Waals surface area contributed by atoms with Crippen molar-refractivity contribution < 1.29 is 0 Å². The quantitative estimate of drug-likeness (QED) is 0.755. The molecule has 21 heavy (non-hydrogen) atoms. The van der Waals surface area contributed by atoms with E-state index in [0.29, 0.717) is 11.5 Å². The van der Waals surface area contributed by atoms with E-state index in [9.17, 15) is 0 Å². The van der Waals surface area contributed by atoms with Crippen molar-refractivity contribution >= 4 is 0 Å². The van der Waals surface area contributed by atoms with Gasteiger partial charge in [-0.3, -0.25) is 4.68 Å². The molecule has 4 heteroatoms. The molecular weight excluding hydrogens is 260 g/mol. The molecule has 1 aromatic rings. The second kappa shape index (κ2) is 8.52. The van der Waals surface area contributed by atoms with Gasteiger partial charge in [-0.25, -0.2) is 4.98 Å². The van der Waals surface area contributed by atoms with E-state index in [1.54, 1.807) is 6.33 Å². The van der Waals surface area contributed by atoms with Gasteiger partial charge in [-0.05, 0) is 37.1 Å². The molecule has 0 aliphatic heterocycles. The predicted octanol–water partition coefficient (Wildman–Crippen LogP) is 3.67. The molecule has 0 aliphatic carbocycles. The number of rotatable bonds is 9. The van der Waals surface area contributed by atoms with Crippen molar-refractivity contribution in [2.75, 3.05) is 6.54 Å². The van der Waals surface area contributed by atoms with E-state index < -0.39 is 0 Å². The molecule has 0 aromatic carbocycles. The summed E-state index contributed by atoms with van der Waals surface area (Å²) in [6, 6.07) is 0.493. The molecule has 0 aliphatic rings. The Balaban J connectivity index is 2.62. The minimum Gasteiger partial charge on any atom is -0.314 e. The molecule has 2 unspecified atom stereocenters. The third-order valence-corrected chi connectivity index (χ3v) is 3.70. The number of hydrogen-bond donors (Lipinski definition) is 1. The van der Waals surface area contributed by atoms with Crippen LogP contribution in [-0.4, -0.2) is 27.4 Å². The molecule has 0 amide bonds. The molecule has 122 valence electrons. The van der Waals surface area contributed by atoms with Gasteiger partial charge in [0.2, 0.25) is 0 Å². The first-order valence-corrected chi connectivity index (χ1v) is 8.45. The Morgan fingerprint density at radius 2 is 2.00 bits per heavy atom. The Bertz CT molecular complexity index is 392. The van der Waals surface area contributed by atoms with Crippen molar-refractivity contribution in [1.29, 1.82) is 0 Å². The molecule has 0 saturated heterocycles. The van der Waals surface area contributed by atoms with Gasteiger partial charge < -0.3 is 5.32 Å². The van der Waals surface area contributed by atoms with E-state index in [4.69, 9.17) is 0 Å². The molecule has 0 radical (unpaired) electrons. The maximum Gasteiger partial charge on any atom is 0.138 e. The molecule has 1 heterocycles. The number of likely N-dealkylation sites (N-methyl/N-ethyl adjacent to an activating group) is 1. The van der Waals surface area contributed by atoms with Gasteiger partial charge in [0.15, 0.2) is 0 Å². The zero-order chi connectivity index (χ0) is 15.9. The van der Waals surface area contributed by atoms with Crippen LogP contribution in [-0.2, 0) is 13.0 Å². The molecule has 0 bridgehead atoms. The molecule has 1 rings (SSSR count). The lowest BCUT2D eigenvalue weighted by molar-refractivity contribution is 0.273. The van der Waals surface area contributed by atoms with Crippen LogP contribution >= 0.6 is 0 Å². The van der Waals surface area contributed by atoms with Crippen molar-refractivity contribution in [1.82, 2.24) is 20.1 Å². The third-order valence-electron chi connectivity index (χ3n) is 3.70. The standard InChI is InChI=1S/C17H34N4/c1-7-9-21-16(19-13-20-21)11-15(18-8-2)10-14(3)12-17(4,5)6/h13-15,18H,7-12H2,1-6H3. The lowest BCUT2D eigenvalue weighted by Crippen LogP contribution is -2.34. The maximum absolute atomic E-state index is 4.45. The first kappa shape index (κ1) is 18.1. The van der Waals surface area contributed by atoms with Crippen LogP contribution in [0.2, 0.25) is 0 Å². The van der Waals surface area contributed by atoms with Crippen molar-refractivity contribution in [2.24, 2.45) is 11.3 Å². The van der Waals surface area contributed by atoms with E-state index in [0.717, 1.165) is 37.7 Å². The topological polar surface area (TPSA) is 42.7 Å². The minimum atomic E-state index is 0.401. The highest BCUT2D eigenvalue weighted by molar-refractivity contribution is 4.90. The van der Waals surface area contributed by atoms with Gasteiger partial charge in [-0.15, -0.1) is 0 Å². The van der Waals surface area contributed by atoms with Gasteiger partial charge in [-0.2, -0.15) is 5.10 Å². The number of nitrogens with one attached hydrogen (secondary N) is 1. The zero-order valence-electron chi connectivity index (χ0n) is 14.8. The second-order valence-corrected chi connectivity index (χ2v) is 7.46. The third kappa shape index (κ3) is 7.07. The van der Waals surface area contributed by atoms with Crippen LogP contribution in [0, 0.1) is 11.3 Å². The summed E-state index contributed by atoms with van der Waals surface area (Å²) in [5.74, 6) is 1.84. The average molecular weight is 294 g/mol. The lowest BCUT2D eigenvalue weighted by Gasteiger charge is -2.27. The van der Waals surface area contributed by atoms with Gasteiger partial charge in [0.25, 0.3) is 0 Å². The van der Waals surface area contributed by atoms with E-state index >= 15 is 0 Å². The molecular formula is C17H34N4. The molecule has 1 aromatic heterocycles. The van der Waals surface area contributed by atoms with E-state index in [1.807, 2.05) is 0 Å². The minimum absolute atomic E-state index is 0.401. The first-order valence-electron chi connectivity index (χ1n) is 8.45. The van der Waals surface area contributed by atoms with Crippen LogP contribution < -0.4 is 5.32 Å².